The van der Waals surface area contributed by atoms with Crippen LogP contribution in [-0.2, 0) is 0 Å². The fraction of sp³-hybridized carbons (Fsp3) is 0.500. The summed E-state index contributed by atoms with van der Waals surface area (Å²) in [6.07, 6.45) is 3.35. The molecule has 0 saturated carbocycles. The molecule has 1 aromatic carbocycles. The van der Waals surface area contributed by atoms with Gasteiger partial charge < -0.3 is 20.8 Å². The molecule has 1 saturated heterocycles. The quantitative estimate of drug-likeness (QED) is 0.659. The van der Waals surface area contributed by atoms with Crippen LogP contribution in [0, 0.1) is 5.92 Å². The molecule has 1 aliphatic rings. The van der Waals surface area contributed by atoms with Crippen LogP contribution in [0.1, 0.15) is 29.6 Å². The van der Waals surface area contributed by atoms with Crippen LogP contribution in [0.3, 0.4) is 0 Å². The van der Waals surface area contributed by atoms with Crippen LogP contribution in [0.4, 0.5) is 0 Å². The van der Waals surface area contributed by atoms with Gasteiger partial charge in [0.2, 0.25) is 0 Å². The van der Waals surface area contributed by atoms with E-state index in [9.17, 15) is 15.0 Å². The number of amides is 1. The van der Waals surface area contributed by atoms with Crippen molar-refractivity contribution in [2.24, 2.45) is 5.92 Å². The minimum absolute atomic E-state index is 0.110. The zero-order valence-electron chi connectivity index (χ0n) is 10.9. The van der Waals surface area contributed by atoms with Gasteiger partial charge in [-0.15, -0.1) is 0 Å². The largest absolute Gasteiger partial charge is 0.508 e. The first kappa shape index (κ1) is 13.7. The van der Waals surface area contributed by atoms with Crippen molar-refractivity contribution in [3.05, 3.63) is 23.8 Å². The van der Waals surface area contributed by atoms with Crippen molar-refractivity contribution < 1.29 is 15.0 Å². The Morgan fingerprint density at radius 1 is 1.32 bits per heavy atom. The van der Waals surface area contributed by atoms with E-state index in [0.29, 0.717) is 12.5 Å². The highest BCUT2D eigenvalue weighted by atomic mass is 16.3. The average Bonchev–Trinajstić information content (AvgIpc) is 2.38. The summed E-state index contributed by atoms with van der Waals surface area (Å²) < 4.78 is 0. The van der Waals surface area contributed by atoms with Crippen LogP contribution in [-0.4, -0.2) is 35.8 Å². The number of piperidine rings is 1. The van der Waals surface area contributed by atoms with Gasteiger partial charge in [-0.25, -0.2) is 0 Å². The van der Waals surface area contributed by atoms with E-state index in [2.05, 4.69) is 10.6 Å². The molecule has 0 spiro atoms. The standard InChI is InChI=1S/C14H20N2O3/c17-12-6-11(7-13(18)8-12)14(19)16-5-3-10-2-1-4-15-9-10/h6-8,10,15,17-18H,1-5,9H2,(H,16,19). The van der Waals surface area contributed by atoms with Crippen molar-refractivity contribution >= 4 is 5.91 Å². The molecule has 1 aromatic rings. The molecule has 104 valence electrons. The van der Waals surface area contributed by atoms with Gasteiger partial charge in [-0.2, -0.15) is 0 Å². The minimum Gasteiger partial charge on any atom is -0.508 e. The summed E-state index contributed by atoms with van der Waals surface area (Å²) in [5, 5.41) is 24.8. The molecule has 1 unspecified atom stereocenters. The van der Waals surface area contributed by atoms with Gasteiger partial charge in [0.05, 0.1) is 0 Å². The monoisotopic (exact) mass is 264 g/mol. The Kier molecular flexibility index (Phi) is 4.63. The van der Waals surface area contributed by atoms with Crippen LogP contribution < -0.4 is 10.6 Å². The normalized spacial score (nSPS) is 19.1. The van der Waals surface area contributed by atoms with Gasteiger partial charge in [0.15, 0.2) is 0 Å². The zero-order valence-corrected chi connectivity index (χ0v) is 10.9. The lowest BCUT2D eigenvalue weighted by Gasteiger charge is -2.22. The molecule has 5 nitrogen and oxygen atoms in total. The topological polar surface area (TPSA) is 81.6 Å². The number of carbonyl (C=O) groups is 1. The average molecular weight is 264 g/mol. The Hall–Kier alpha value is -1.75. The molecule has 19 heavy (non-hydrogen) atoms. The van der Waals surface area contributed by atoms with Gasteiger partial charge in [-0.3, -0.25) is 4.79 Å². The van der Waals surface area contributed by atoms with E-state index in [4.69, 9.17) is 0 Å². The fourth-order valence-electron chi connectivity index (χ4n) is 2.39. The molecule has 0 bridgehead atoms. The maximum absolute atomic E-state index is 11.8. The lowest BCUT2D eigenvalue weighted by atomic mass is 9.96. The van der Waals surface area contributed by atoms with Gasteiger partial charge >= 0.3 is 0 Å². The SMILES string of the molecule is O=C(NCCC1CCCNC1)c1cc(O)cc(O)c1. The summed E-state index contributed by atoms with van der Waals surface area (Å²) >= 11 is 0. The van der Waals surface area contributed by atoms with Crippen molar-refractivity contribution in [3.63, 3.8) is 0 Å². The first-order valence-corrected chi connectivity index (χ1v) is 6.67. The predicted molar refractivity (Wildman–Crippen MR) is 72.3 cm³/mol. The number of phenolic OH excluding ortho intramolecular Hbond substituents is 2. The van der Waals surface area contributed by atoms with E-state index >= 15 is 0 Å². The Morgan fingerprint density at radius 3 is 2.68 bits per heavy atom. The second-order valence-electron chi connectivity index (χ2n) is 5.00. The summed E-state index contributed by atoms with van der Waals surface area (Å²) in [6, 6.07) is 3.89. The number of benzene rings is 1. The summed E-state index contributed by atoms with van der Waals surface area (Å²) in [7, 11) is 0. The van der Waals surface area contributed by atoms with Crippen molar-refractivity contribution in [2.75, 3.05) is 19.6 Å². The summed E-state index contributed by atoms with van der Waals surface area (Å²) in [4.78, 5) is 11.8. The van der Waals surface area contributed by atoms with Crippen LogP contribution in [0.2, 0.25) is 0 Å². The van der Waals surface area contributed by atoms with Crippen molar-refractivity contribution in [3.8, 4) is 11.5 Å². The van der Waals surface area contributed by atoms with E-state index < -0.39 is 0 Å². The summed E-state index contributed by atoms with van der Waals surface area (Å²) in [5.74, 6) is 0.129. The third-order valence-electron chi connectivity index (χ3n) is 3.40. The first-order chi connectivity index (χ1) is 9.15. The third kappa shape index (κ3) is 4.13. The minimum atomic E-state index is -0.269. The Morgan fingerprint density at radius 2 is 2.05 bits per heavy atom. The lowest BCUT2D eigenvalue weighted by molar-refractivity contribution is 0.0950. The maximum atomic E-state index is 11.8. The van der Waals surface area contributed by atoms with Crippen molar-refractivity contribution in [1.29, 1.82) is 0 Å². The van der Waals surface area contributed by atoms with E-state index in [1.165, 1.54) is 31.0 Å². The number of carbonyl (C=O) groups excluding carboxylic acids is 1. The second-order valence-corrected chi connectivity index (χ2v) is 5.00. The predicted octanol–water partition coefficient (Wildman–Crippen LogP) is 1.22. The number of phenols is 2. The highest BCUT2D eigenvalue weighted by Crippen LogP contribution is 2.20. The number of hydrogen-bond donors (Lipinski definition) is 4. The molecule has 1 atom stereocenters. The summed E-state index contributed by atoms with van der Waals surface area (Å²) in [6.45, 7) is 2.72. The van der Waals surface area contributed by atoms with Gasteiger partial charge in [0.1, 0.15) is 11.5 Å². The summed E-state index contributed by atoms with van der Waals surface area (Å²) in [5.41, 5.74) is 0.277. The smallest absolute Gasteiger partial charge is 0.251 e. The number of nitrogens with one attached hydrogen (secondary N) is 2. The Balaban J connectivity index is 1.80. The van der Waals surface area contributed by atoms with Crippen LogP contribution in [0.5, 0.6) is 11.5 Å². The molecule has 4 N–H and O–H groups in total. The Bertz CT molecular complexity index is 422. The lowest BCUT2D eigenvalue weighted by Crippen LogP contribution is -2.33. The number of rotatable bonds is 4. The molecule has 1 aliphatic heterocycles. The first-order valence-electron chi connectivity index (χ1n) is 6.67. The zero-order chi connectivity index (χ0) is 13.7. The van der Waals surface area contributed by atoms with Gasteiger partial charge in [0, 0.05) is 18.2 Å². The molecular formula is C14H20N2O3. The Labute approximate surface area is 112 Å². The van der Waals surface area contributed by atoms with Crippen LogP contribution in [0.25, 0.3) is 0 Å². The van der Waals surface area contributed by atoms with E-state index in [0.717, 1.165) is 19.5 Å². The number of hydrogen-bond acceptors (Lipinski definition) is 4. The van der Waals surface area contributed by atoms with Crippen molar-refractivity contribution in [2.45, 2.75) is 19.3 Å². The second kappa shape index (κ2) is 6.43. The van der Waals surface area contributed by atoms with Gasteiger partial charge in [0.25, 0.3) is 5.91 Å². The van der Waals surface area contributed by atoms with Gasteiger partial charge in [-0.1, -0.05) is 0 Å². The van der Waals surface area contributed by atoms with Crippen LogP contribution in [0.15, 0.2) is 18.2 Å². The molecule has 1 heterocycles. The molecule has 0 radical (unpaired) electrons. The molecule has 0 aromatic heterocycles. The highest BCUT2D eigenvalue weighted by molar-refractivity contribution is 5.95. The molecule has 1 fully saturated rings. The molecule has 2 rings (SSSR count). The van der Waals surface area contributed by atoms with Crippen LogP contribution >= 0.6 is 0 Å². The maximum Gasteiger partial charge on any atom is 0.251 e. The highest BCUT2D eigenvalue weighted by Gasteiger charge is 2.13. The molecular weight excluding hydrogens is 244 g/mol. The van der Waals surface area contributed by atoms with Crippen molar-refractivity contribution in [1.82, 2.24) is 10.6 Å². The third-order valence-corrected chi connectivity index (χ3v) is 3.40. The molecule has 0 aliphatic carbocycles. The van der Waals surface area contributed by atoms with E-state index in [1.54, 1.807) is 0 Å². The number of aromatic hydroxyl groups is 2. The van der Waals surface area contributed by atoms with E-state index in [-0.39, 0.29) is 23.0 Å². The molecule has 5 heteroatoms. The van der Waals surface area contributed by atoms with E-state index in [1.807, 2.05) is 0 Å². The molecule has 1 amide bonds. The fourth-order valence-corrected chi connectivity index (χ4v) is 2.39. The van der Waals surface area contributed by atoms with Gasteiger partial charge in [-0.05, 0) is 50.4 Å².